The van der Waals surface area contributed by atoms with Crippen LogP contribution in [0.15, 0.2) is 72.8 Å². The van der Waals surface area contributed by atoms with Gasteiger partial charge in [-0.2, -0.15) is 0 Å². The molecule has 0 fully saturated rings. The van der Waals surface area contributed by atoms with Gasteiger partial charge in [0.15, 0.2) is 0 Å². The lowest BCUT2D eigenvalue weighted by Crippen LogP contribution is -2.26. The Balaban J connectivity index is 1.94. The van der Waals surface area contributed by atoms with E-state index in [1.165, 1.54) is 10.8 Å². The highest BCUT2D eigenvalue weighted by atomic mass is 14.8. The first-order valence-corrected chi connectivity index (χ1v) is 6.80. The molecule has 0 spiro atoms. The highest BCUT2D eigenvalue weighted by molar-refractivity contribution is 5.83. The number of hydrogen-bond acceptors (Lipinski definition) is 2. The Morgan fingerprint density at radius 2 is 1.15 bits per heavy atom. The van der Waals surface area contributed by atoms with Crippen LogP contribution in [0.25, 0.3) is 10.8 Å². The molecule has 3 rings (SSSR count). The van der Waals surface area contributed by atoms with Gasteiger partial charge in [0.1, 0.15) is 0 Å². The summed E-state index contributed by atoms with van der Waals surface area (Å²) >= 11 is 0. The van der Waals surface area contributed by atoms with Gasteiger partial charge < -0.3 is 11.5 Å². The maximum absolute atomic E-state index is 6.34. The van der Waals surface area contributed by atoms with E-state index < -0.39 is 0 Å². The van der Waals surface area contributed by atoms with E-state index >= 15 is 0 Å². The summed E-state index contributed by atoms with van der Waals surface area (Å²) < 4.78 is 0. The Labute approximate surface area is 119 Å². The first-order valence-electron chi connectivity index (χ1n) is 6.80. The third kappa shape index (κ3) is 2.44. The van der Waals surface area contributed by atoms with E-state index in [9.17, 15) is 0 Å². The van der Waals surface area contributed by atoms with E-state index in [2.05, 4.69) is 30.3 Å². The molecule has 0 aromatic heterocycles. The first kappa shape index (κ1) is 12.9. The van der Waals surface area contributed by atoms with Crippen LogP contribution < -0.4 is 11.5 Å². The molecule has 2 unspecified atom stereocenters. The predicted molar refractivity (Wildman–Crippen MR) is 84.2 cm³/mol. The second kappa shape index (κ2) is 5.45. The van der Waals surface area contributed by atoms with E-state index in [0.717, 1.165) is 11.1 Å². The average Bonchev–Trinajstić information content (AvgIpc) is 2.54. The number of benzene rings is 3. The summed E-state index contributed by atoms with van der Waals surface area (Å²) in [7, 11) is 0. The second-order valence-electron chi connectivity index (χ2n) is 5.07. The van der Waals surface area contributed by atoms with Crippen molar-refractivity contribution < 1.29 is 0 Å². The van der Waals surface area contributed by atoms with Gasteiger partial charge in [-0.15, -0.1) is 0 Å². The monoisotopic (exact) mass is 262 g/mol. The van der Waals surface area contributed by atoms with Gasteiger partial charge in [-0.05, 0) is 28.0 Å². The highest BCUT2D eigenvalue weighted by Gasteiger charge is 2.17. The standard InChI is InChI=1S/C18H18N2/c19-17(14-7-2-1-3-8-14)18(20)16-11-10-13-6-4-5-9-15(13)12-16/h1-12,17-18H,19-20H2. The van der Waals surface area contributed by atoms with Crippen molar-refractivity contribution in [2.45, 2.75) is 12.1 Å². The van der Waals surface area contributed by atoms with Crippen LogP contribution in [0.4, 0.5) is 0 Å². The van der Waals surface area contributed by atoms with Crippen LogP contribution in [-0.2, 0) is 0 Å². The Morgan fingerprint density at radius 1 is 0.550 bits per heavy atom. The normalized spacial score (nSPS) is 14.1. The minimum absolute atomic E-state index is 0.197. The van der Waals surface area contributed by atoms with Crippen molar-refractivity contribution in [2.24, 2.45) is 11.5 Å². The largest absolute Gasteiger partial charge is 0.322 e. The van der Waals surface area contributed by atoms with Gasteiger partial charge in [0.2, 0.25) is 0 Å². The molecule has 0 amide bonds. The lowest BCUT2D eigenvalue weighted by atomic mass is 9.93. The van der Waals surface area contributed by atoms with Crippen LogP contribution >= 0.6 is 0 Å². The highest BCUT2D eigenvalue weighted by Crippen LogP contribution is 2.27. The summed E-state index contributed by atoms with van der Waals surface area (Å²) in [6.07, 6.45) is 0. The molecule has 2 heteroatoms. The van der Waals surface area contributed by atoms with Crippen molar-refractivity contribution in [3.63, 3.8) is 0 Å². The van der Waals surface area contributed by atoms with Gasteiger partial charge in [0, 0.05) is 12.1 Å². The van der Waals surface area contributed by atoms with E-state index in [1.54, 1.807) is 0 Å². The minimum atomic E-state index is -0.206. The molecule has 0 heterocycles. The van der Waals surface area contributed by atoms with Gasteiger partial charge >= 0.3 is 0 Å². The van der Waals surface area contributed by atoms with E-state index in [0.29, 0.717) is 0 Å². The maximum atomic E-state index is 6.34. The van der Waals surface area contributed by atoms with Gasteiger partial charge in [-0.25, -0.2) is 0 Å². The van der Waals surface area contributed by atoms with E-state index in [4.69, 9.17) is 11.5 Å². The third-order valence-electron chi connectivity index (χ3n) is 3.73. The van der Waals surface area contributed by atoms with Crippen molar-refractivity contribution >= 4 is 10.8 Å². The molecule has 0 radical (unpaired) electrons. The molecule has 0 aliphatic carbocycles. The lowest BCUT2D eigenvalue weighted by Gasteiger charge is -2.21. The topological polar surface area (TPSA) is 52.0 Å². The fourth-order valence-corrected chi connectivity index (χ4v) is 2.51. The molecule has 0 saturated heterocycles. The zero-order chi connectivity index (χ0) is 13.9. The molecule has 2 atom stereocenters. The Bertz CT molecular complexity index is 707. The minimum Gasteiger partial charge on any atom is -0.322 e. The van der Waals surface area contributed by atoms with Gasteiger partial charge in [-0.1, -0.05) is 66.7 Å². The average molecular weight is 262 g/mol. The van der Waals surface area contributed by atoms with Crippen molar-refractivity contribution in [1.82, 2.24) is 0 Å². The molecule has 100 valence electrons. The van der Waals surface area contributed by atoms with E-state index in [-0.39, 0.29) is 12.1 Å². The van der Waals surface area contributed by atoms with Crippen molar-refractivity contribution in [3.05, 3.63) is 83.9 Å². The fourth-order valence-electron chi connectivity index (χ4n) is 2.51. The molecule has 2 nitrogen and oxygen atoms in total. The second-order valence-corrected chi connectivity index (χ2v) is 5.07. The summed E-state index contributed by atoms with van der Waals surface area (Å²) in [5.74, 6) is 0. The van der Waals surface area contributed by atoms with Gasteiger partial charge in [-0.3, -0.25) is 0 Å². The van der Waals surface area contributed by atoms with Crippen LogP contribution in [0.2, 0.25) is 0 Å². The lowest BCUT2D eigenvalue weighted by molar-refractivity contribution is 0.575. The molecular formula is C18H18N2. The van der Waals surface area contributed by atoms with Crippen molar-refractivity contribution in [3.8, 4) is 0 Å². The van der Waals surface area contributed by atoms with E-state index in [1.807, 2.05) is 42.5 Å². The number of hydrogen-bond donors (Lipinski definition) is 2. The van der Waals surface area contributed by atoms with Crippen LogP contribution in [0.1, 0.15) is 23.2 Å². The van der Waals surface area contributed by atoms with Crippen LogP contribution in [0.5, 0.6) is 0 Å². The quantitative estimate of drug-likeness (QED) is 0.758. The summed E-state index contributed by atoms with van der Waals surface area (Å²) in [5.41, 5.74) is 14.8. The SMILES string of the molecule is NC(c1ccccc1)C(N)c1ccc2ccccc2c1. The zero-order valence-electron chi connectivity index (χ0n) is 11.2. The van der Waals surface area contributed by atoms with Crippen molar-refractivity contribution in [1.29, 1.82) is 0 Å². The Kier molecular flexibility index (Phi) is 3.50. The summed E-state index contributed by atoms with van der Waals surface area (Å²) in [4.78, 5) is 0. The van der Waals surface area contributed by atoms with Crippen LogP contribution in [-0.4, -0.2) is 0 Å². The third-order valence-corrected chi connectivity index (χ3v) is 3.73. The zero-order valence-corrected chi connectivity index (χ0v) is 11.2. The number of fused-ring (bicyclic) bond motifs is 1. The Morgan fingerprint density at radius 3 is 1.90 bits per heavy atom. The molecule has 0 bridgehead atoms. The first-order chi connectivity index (χ1) is 9.75. The van der Waals surface area contributed by atoms with Crippen molar-refractivity contribution in [2.75, 3.05) is 0 Å². The maximum Gasteiger partial charge on any atom is 0.0491 e. The smallest absolute Gasteiger partial charge is 0.0491 e. The molecule has 20 heavy (non-hydrogen) atoms. The number of rotatable bonds is 3. The Hall–Kier alpha value is -2.16. The number of nitrogens with two attached hydrogens (primary N) is 2. The molecule has 3 aromatic carbocycles. The fraction of sp³-hybridized carbons (Fsp3) is 0.111. The molecule has 0 aliphatic rings. The molecule has 0 saturated carbocycles. The van der Waals surface area contributed by atoms with Crippen LogP contribution in [0, 0.1) is 0 Å². The summed E-state index contributed by atoms with van der Waals surface area (Å²) in [5, 5.41) is 2.41. The van der Waals surface area contributed by atoms with Gasteiger partial charge in [0.05, 0.1) is 0 Å². The molecule has 4 N–H and O–H groups in total. The molecular weight excluding hydrogens is 244 g/mol. The summed E-state index contributed by atoms with van der Waals surface area (Å²) in [6, 6.07) is 24.2. The van der Waals surface area contributed by atoms with Gasteiger partial charge in [0.25, 0.3) is 0 Å². The molecule has 3 aromatic rings. The predicted octanol–water partition coefficient (Wildman–Crippen LogP) is 3.54. The summed E-state index contributed by atoms with van der Waals surface area (Å²) in [6.45, 7) is 0. The van der Waals surface area contributed by atoms with Crippen LogP contribution in [0.3, 0.4) is 0 Å². The molecule has 0 aliphatic heterocycles.